The largest absolute Gasteiger partial charge is 0.495 e. The van der Waals surface area contributed by atoms with Gasteiger partial charge < -0.3 is 29.9 Å². The number of nitrogens with one attached hydrogen (secondary N) is 3. The molecule has 1 aliphatic heterocycles. The molecular weight excluding hydrogens is 384 g/mol. The molecule has 8 nitrogen and oxygen atoms in total. The molecule has 2 amide bonds. The lowest BCUT2D eigenvalue weighted by atomic mass is 10.2. The number of ether oxygens (including phenoxy) is 2. The number of morpholine rings is 1. The first kappa shape index (κ1) is 21.6. The normalized spacial score (nSPS) is 14.7. The van der Waals surface area contributed by atoms with Crippen LogP contribution in [0.25, 0.3) is 0 Å². The number of rotatable bonds is 8. The van der Waals surface area contributed by atoms with E-state index in [2.05, 4.69) is 15.5 Å². The second kappa shape index (κ2) is 10.6. The number of anilines is 3. The first-order valence-corrected chi connectivity index (χ1v) is 10.0. The van der Waals surface area contributed by atoms with Gasteiger partial charge in [-0.15, -0.1) is 0 Å². The number of hydrogen-bond acceptors (Lipinski definition) is 5. The van der Waals surface area contributed by atoms with Gasteiger partial charge in [0, 0.05) is 24.5 Å². The summed E-state index contributed by atoms with van der Waals surface area (Å²) in [6.07, 6.45) is 0. The molecule has 1 saturated heterocycles. The quantitative estimate of drug-likeness (QED) is 0.591. The summed E-state index contributed by atoms with van der Waals surface area (Å²) >= 11 is 0. The molecule has 1 atom stereocenters. The van der Waals surface area contributed by atoms with E-state index in [9.17, 15) is 9.59 Å². The second-order valence-electron chi connectivity index (χ2n) is 7.25. The third kappa shape index (κ3) is 6.20. The smallest absolute Gasteiger partial charge is 0.279 e. The van der Waals surface area contributed by atoms with E-state index in [4.69, 9.17) is 9.47 Å². The van der Waals surface area contributed by atoms with Gasteiger partial charge >= 0.3 is 0 Å². The van der Waals surface area contributed by atoms with Gasteiger partial charge in [-0.25, -0.2) is 0 Å². The standard InChI is InChI=1S/C22H28N4O4/c1-25(16-22(28)24-19-5-3-4-6-20(19)29-2)15-21(27)23-17-7-9-18(10-8-17)26-11-13-30-14-12-26/h3-10H,11-16H2,1-2H3,(H,23,27)(H,24,28)/p+1. The zero-order valence-corrected chi connectivity index (χ0v) is 17.4. The minimum atomic E-state index is -0.181. The van der Waals surface area contributed by atoms with E-state index in [0.29, 0.717) is 11.4 Å². The Morgan fingerprint density at radius 1 is 1.00 bits per heavy atom. The van der Waals surface area contributed by atoms with Gasteiger partial charge in [-0.05, 0) is 36.4 Å². The molecule has 0 aliphatic carbocycles. The zero-order valence-electron chi connectivity index (χ0n) is 17.4. The zero-order chi connectivity index (χ0) is 21.3. The molecule has 1 unspecified atom stereocenters. The van der Waals surface area contributed by atoms with E-state index in [1.165, 1.54) is 0 Å². The molecule has 0 spiro atoms. The Balaban J connectivity index is 1.45. The minimum absolute atomic E-state index is 0.142. The molecule has 2 aromatic carbocycles. The lowest BCUT2D eigenvalue weighted by Crippen LogP contribution is -3.11. The maximum Gasteiger partial charge on any atom is 0.279 e. The maximum atomic E-state index is 12.3. The van der Waals surface area contributed by atoms with Crippen LogP contribution < -0.4 is 25.2 Å². The Kier molecular flexibility index (Phi) is 7.64. The van der Waals surface area contributed by atoms with Crippen molar-refractivity contribution in [2.45, 2.75) is 0 Å². The van der Waals surface area contributed by atoms with Crippen molar-refractivity contribution in [3.8, 4) is 5.75 Å². The van der Waals surface area contributed by atoms with Crippen LogP contribution in [-0.4, -0.2) is 65.4 Å². The fraction of sp³-hybridized carbons (Fsp3) is 0.364. The van der Waals surface area contributed by atoms with Crippen LogP contribution in [0.1, 0.15) is 0 Å². The predicted molar refractivity (Wildman–Crippen MR) is 116 cm³/mol. The van der Waals surface area contributed by atoms with E-state index in [0.717, 1.165) is 42.6 Å². The fourth-order valence-electron chi connectivity index (χ4n) is 3.34. The Hall–Kier alpha value is -3.10. The molecule has 1 fully saturated rings. The number of quaternary nitrogens is 1. The molecule has 0 aromatic heterocycles. The highest BCUT2D eigenvalue weighted by Crippen LogP contribution is 2.22. The number of carbonyl (C=O) groups is 2. The Morgan fingerprint density at radius 3 is 2.30 bits per heavy atom. The summed E-state index contributed by atoms with van der Waals surface area (Å²) in [5.41, 5.74) is 2.47. The fourth-order valence-corrected chi connectivity index (χ4v) is 3.34. The van der Waals surface area contributed by atoms with Crippen LogP contribution in [0.15, 0.2) is 48.5 Å². The van der Waals surface area contributed by atoms with Crippen molar-refractivity contribution in [1.82, 2.24) is 0 Å². The molecule has 8 heteroatoms. The van der Waals surface area contributed by atoms with Crippen LogP contribution in [0.3, 0.4) is 0 Å². The van der Waals surface area contributed by atoms with Gasteiger partial charge in [-0.3, -0.25) is 9.59 Å². The molecule has 0 saturated carbocycles. The molecule has 0 bridgehead atoms. The van der Waals surface area contributed by atoms with Crippen LogP contribution in [-0.2, 0) is 14.3 Å². The number of para-hydroxylation sites is 2. The summed E-state index contributed by atoms with van der Waals surface area (Å²) in [5, 5.41) is 5.71. The highest BCUT2D eigenvalue weighted by molar-refractivity contribution is 5.94. The predicted octanol–water partition coefficient (Wildman–Crippen LogP) is 0.624. The van der Waals surface area contributed by atoms with Crippen molar-refractivity contribution in [1.29, 1.82) is 0 Å². The topological polar surface area (TPSA) is 84.3 Å². The summed E-state index contributed by atoms with van der Waals surface area (Å²) in [6, 6.07) is 15.0. The molecule has 1 heterocycles. The van der Waals surface area contributed by atoms with Gasteiger partial charge in [0.25, 0.3) is 11.8 Å². The number of likely N-dealkylation sites (N-methyl/N-ethyl adjacent to an activating group) is 1. The Bertz CT molecular complexity index is 850. The van der Waals surface area contributed by atoms with Crippen LogP contribution in [0.2, 0.25) is 0 Å². The van der Waals surface area contributed by atoms with Crippen LogP contribution in [0, 0.1) is 0 Å². The summed E-state index contributed by atoms with van der Waals surface area (Å²) in [7, 11) is 3.36. The van der Waals surface area contributed by atoms with E-state index >= 15 is 0 Å². The van der Waals surface area contributed by atoms with Gasteiger partial charge in [0.2, 0.25) is 0 Å². The van der Waals surface area contributed by atoms with E-state index in [-0.39, 0.29) is 24.9 Å². The molecule has 0 radical (unpaired) electrons. The van der Waals surface area contributed by atoms with Crippen LogP contribution in [0.5, 0.6) is 5.75 Å². The molecule has 3 N–H and O–H groups in total. The van der Waals surface area contributed by atoms with Crippen molar-refractivity contribution in [2.24, 2.45) is 0 Å². The van der Waals surface area contributed by atoms with Crippen molar-refractivity contribution in [3.05, 3.63) is 48.5 Å². The summed E-state index contributed by atoms with van der Waals surface area (Å²) in [4.78, 5) is 27.7. The van der Waals surface area contributed by atoms with Gasteiger partial charge in [0.15, 0.2) is 13.1 Å². The van der Waals surface area contributed by atoms with Gasteiger partial charge in [-0.1, -0.05) is 12.1 Å². The molecule has 2 aromatic rings. The first-order valence-electron chi connectivity index (χ1n) is 10.0. The number of benzene rings is 2. The van der Waals surface area contributed by atoms with E-state index in [1.54, 1.807) is 19.2 Å². The number of carbonyl (C=O) groups excluding carboxylic acids is 2. The lowest BCUT2D eigenvalue weighted by molar-refractivity contribution is -0.862. The number of hydrogen-bond donors (Lipinski definition) is 3. The minimum Gasteiger partial charge on any atom is -0.495 e. The van der Waals surface area contributed by atoms with E-state index in [1.807, 2.05) is 43.4 Å². The second-order valence-corrected chi connectivity index (χ2v) is 7.25. The SMILES string of the molecule is COc1ccccc1NC(=O)C[NH+](C)CC(=O)Nc1ccc(N2CCOCC2)cc1. The van der Waals surface area contributed by atoms with Gasteiger partial charge in [0.1, 0.15) is 5.75 Å². The molecule has 3 rings (SSSR count). The monoisotopic (exact) mass is 413 g/mol. The maximum absolute atomic E-state index is 12.3. The summed E-state index contributed by atoms with van der Waals surface area (Å²) in [6.45, 7) is 3.57. The third-order valence-corrected chi connectivity index (χ3v) is 4.83. The van der Waals surface area contributed by atoms with Gasteiger partial charge in [0.05, 0.1) is 33.1 Å². The average Bonchev–Trinajstić information content (AvgIpc) is 2.75. The third-order valence-electron chi connectivity index (χ3n) is 4.83. The van der Waals surface area contributed by atoms with Gasteiger partial charge in [-0.2, -0.15) is 0 Å². The molecule has 30 heavy (non-hydrogen) atoms. The highest BCUT2D eigenvalue weighted by atomic mass is 16.5. The number of amides is 2. The van der Waals surface area contributed by atoms with Crippen molar-refractivity contribution in [2.75, 3.05) is 69.1 Å². The summed E-state index contributed by atoms with van der Waals surface area (Å²) < 4.78 is 10.6. The molecular formula is C22H29N4O4+. The molecule has 160 valence electrons. The molecule has 1 aliphatic rings. The highest BCUT2D eigenvalue weighted by Gasteiger charge is 2.16. The van der Waals surface area contributed by atoms with Crippen molar-refractivity contribution in [3.63, 3.8) is 0 Å². The number of nitrogens with zero attached hydrogens (tertiary/aromatic N) is 1. The lowest BCUT2D eigenvalue weighted by Gasteiger charge is -2.28. The van der Waals surface area contributed by atoms with Crippen molar-refractivity contribution >= 4 is 28.9 Å². The average molecular weight is 413 g/mol. The Morgan fingerprint density at radius 2 is 1.63 bits per heavy atom. The van der Waals surface area contributed by atoms with Crippen LogP contribution >= 0.6 is 0 Å². The Labute approximate surface area is 176 Å². The van der Waals surface area contributed by atoms with Crippen molar-refractivity contribution < 1.29 is 24.0 Å². The number of methoxy groups -OCH3 is 1. The van der Waals surface area contributed by atoms with Crippen LogP contribution in [0.4, 0.5) is 17.1 Å². The van der Waals surface area contributed by atoms with E-state index < -0.39 is 0 Å². The first-order chi connectivity index (χ1) is 14.5. The summed E-state index contributed by atoms with van der Waals surface area (Å²) in [5.74, 6) is 0.276.